The fourth-order valence-corrected chi connectivity index (χ4v) is 7.25. The second-order valence-electron chi connectivity index (χ2n) is 8.50. The molecule has 0 aliphatic carbocycles. The summed E-state index contributed by atoms with van der Waals surface area (Å²) in [6.45, 7) is 6.15. The SMILES string of the molecule is C=CCON=C(C(=O)NC1C(=O)N2CC(CSc3nnnn3CCC)(C(=O)O)CS[C@H]12)c1csc(NC=O)n1. The van der Waals surface area contributed by atoms with E-state index in [0.29, 0.717) is 18.1 Å². The maximum absolute atomic E-state index is 13.1. The molecular weight excluding hydrogens is 570 g/mol. The molecule has 208 valence electrons. The molecule has 2 aliphatic heterocycles. The number of aromatic nitrogens is 5. The number of rotatable bonds is 14. The standard InChI is InChI=1S/C21H25N9O6S3/c1-3-5-30-20(25-27-28-30)39-10-21(18(34)35)8-29-16(33)14(17(29)38-9-21)24-15(32)13(26-36-6-4-2)12-7-37-19(23-12)22-11-31/h4,7,11,14,17H,2-3,5-6,8-10H2,1H3,(H,24,32)(H,34,35)(H,22,23,31)/t14?,17-,21?/m1/s1. The molecule has 15 nitrogen and oxygen atoms in total. The number of fused-ring (bicyclic) bond motifs is 1. The van der Waals surface area contributed by atoms with Gasteiger partial charge in [0.15, 0.2) is 10.8 Å². The molecule has 0 radical (unpaired) electrons. The van der Waals surface area contributed by atoms with Gasteiger partial charge in [0.25, 0.3) is 5.91 Å². The van der Waals surface area contributed by atoms with Crippen LogP contribution in [0.15, 0.2) is 28.3 Å². The van der Waals surface area contributed by atoms with Gasteiger partial charge in [0.2, 0.25) is 17.5 Å². The molecule has 0 spiro atoms. The van der Waals surface area contributed by atoms with Gasteiger partial charge in [0, 0.05) is 30.0 Å². The maximum atomic E-state index is 13.1. The van der Waals surface area contributed by atoms with E-state index >= 15 is 0 Å². The number of nitrogens with one attached hydrogen (secondary N) is 2. The minimum atomic E-state index is -1.22. The van der Waals surface area contributed by atoms with Crippen LogP contribution < -0.4 is 10.6 Å². The molecule has 39 heavy (non-hydrogen) atoms. The molecule has 3 N–H and O–H groups in total. The van der Waals surface area contributed by atoms with Crippen molar-refractivity contribution >= 4 is 69.9 Å². The van der Waals surface area contributed by atoms with Crippen LogP contribution in [0.2, 0.25) is 0 Å². The smallest absolute Gasteiger partial charge is 0.313 e. The summed E-state index contributed by atoms with van der Waals surface area (Å²) in [6.07, 6.45) is 2.72. The quantitative estimate of drug-likeness (QED) is 0.0514. The number of tetrazole rings is 1. The lowest BCUT2D eigenvalue weighted by Gasteiger charge is -2.53. The minimum absolute atomic E-state index is 0.0102. The van der Waals surface area contributed by atoms with E-state index in [1.807, 2.05) is 6.92 Å². The van der Waals surface area contributed by atoms with Crippen LogP contribution in [0.25, 0.3) is 0 Å². The first-order valence-electron chi connectivity index (χ1n) is 11.7. The monoisotopic (exact) mass is 595 g/mol. The lowest BCUT2D eigenvalue weighted by Crippen LogP contribution is -2.74. The molecule has 4 rings (SSSR count). The molecule has 2 fully saturated rings. The molecule has 0 saturated carbocycles. The number of β-lactam (4-membered cyclic amide) rings is 1. The number of anilines is 1. The number of hydrogen-bond donors (Lipinski definition) is 3. The number of carbonyl (C=O) groups excluding carboxylic acids is 3. The van der Waals surface area contributed by atoms with E-state index < -0.39 is 34.6 Å². The molecule has 2 aromatic heterocycles. The maximum Gasteiger partial charge on any atom is 0.313 e. The number of aliphatic carboxylic acids is 1. The molecule has 4 heterocycles. The normalized spacial score (nSPS) is 22.4. The van der Waals surface area contributed by atoms with Crippen molar-refractivity contribution in [1.82, 2.24) is 35.4 Å². The third-order valence-corrected chi connectivity index (χ3v) is 9.40. The van der Waals surface area contributed by atoms with Crippen LogP contribution in [-0.4, -0.2) is 101 Å². The zero-order chi connectivity index (χ0) is 28.0. The Morgan fingerprint density at radius 3 is 3.00 bits per heavy atom. The number of thiazole rings is 1. The fourth-order valence-electron chi connectivity index (χ4n) is 3.83. The van der Waals surface area contributed by atoms with Crippen LogP contribution in [0.5, 0.6) is 0 Å². The predicted octanol–water partition coefficient (Wildman–Crippen LogP) is 0.278. The number of amides is 3. The minimum Gasteiger partial charge on any atom is -0.481 e. The number of oxime groups is 1. The van der Waals surface area contributed by atoms with Gasteiger partial charge in [0.1, 0.15) is 29.1 Å². The van der Waals surface area contributed by atoms with Crippen molar-refractivity contribution in [2.45, 2.75) is 36.5 Å². The van der Waals surface area contributed by atoms with Gasteiger partial charge < -0.3 is 25.5 Å². The fraction of sp³-hybridized carbons (Fsp3) is 0.476. The summed E-state index contributed by atoms with van der Waals surface area (Å²) >= 11 is 3.61. The van der Waals surface area contributed by atoms with Crippen molar-refractivity contribution in [3.8, 4) is 0 Å². The van der Waals surface area contributed by atoms with E-state index in [-0.39, 0.29) is 41.2 Å². The van der Waals surface area contributed by atoms with Gasteiger partial charge in [-0.3, -0.25) is 19.2 Å². The first-order chi connectivity index (χ1) is 18.8. The second kappa shape index (κ2) is 12.6. The van der Waals surface area contributed by atoms with E-state index in [1.54, 1.807) is 4.68 Å². The number of nitrogens with zero attached hydrogens (tertiary/aromatic N) is 7. The summed E-state index contributed by atoms with van der Waals surface area (Å²) in [5.74, 6) is -1.73. The van der Waals surface area contributed by atoms with Crippen LogP contribution in [-0.2, 0) is 30.6 Å². The number of carbonyl (C=O) groups is 4. The summed E-state index contributed by atoms with van der Waals surface area (Å²) in [4.78, 5) is 59.9. The molecule has 18 heteroatoms. The lowest BCUT2D eigenvalue weighted by atomic mass is 9.89. The van der Waals surface area contributed by atoms with Crippen molar-refractivity contribution in [3.05, 3.63) is 23.7 Å². The van der Waals surface area contributed by atoms with E-state index in [0.717, 1.165) is 17.8 Å². The van der Waals surface area contributed by atoms with Crippen molar-refractivity contribution in [1.29, 1.82) is 0 Å². The summed E-state index contributed by atoms with van der Waals surface area (Å²) in [7, 11) is 0. The van der Waals surface area contributed by atoms with E-state index in [9.17, 15) is 24.3 Å². The highest BCUT2D eigenvalue weighted by molar-refractivity contribution is 8.00. The average Bonchev–Trinajstić information content (AvgIpc) is 3.58. The molecule has 2 unspecified atom stereocenters. The zero-order valence-electron chi connectivity index (χ0n) is 20.7. The van der Waals surface area contributed by atoms with E-state index in [1.165, 1.54) is 39.9 Å². The summed E-state index contributed by atoms with van der Waals surface area (Å²) < 4.78 is 1.62. The molecule has 3 amide bonds. The van der Waals surface area contributed by atoms with Crippen LogP contribution >= 0.6 is 34.9 Å². The van der Waals surface area contributed by atoms with Crippen LogP contribution in [0.3, 0.4) is 0 Å². The van der Waals surface area contributed by atoms with Crippen molar-refractivity contribution in [2.24, 2.45) is 10.6 Å². The summed E-state index contributed by atoms with van der Waals surface area (Å²) in [5.41, 5.74) is -1.24. The zero-order valence-corrected chi connectivity index (χ0v) is 23.1. The number of aryl methyl sites for hydroxylation is 1. The van der Waals surface area contributed by atoms with Gasteiger partial charge >= 0.3 is 5.97 Å². The topological polar surface area (TPSA) is 194 Å². The second-order valence-corrected chi connectivity index (χ2v) is 11.4. The molecule has 2 aromatic rings. The highest BCUT2D eigenvalue weighted by atomic mass is 32.2. The lowest BCUT2D eigenvalue weighted by molar-refractivity contribution is -0.157. The van der Waals surface area contributed by atoms with Crippen molar-refractivity contribution < 1.29 is 29.1 Å². The Labute approximate surface area is 234 Å². The number of carboxylic acids is 1. The van der Waals surface area contributed by atoms with E-state index in [2.05, 4.69) is 42.9 Å². The number of thioether (sulfide) groups is 2. The van der Waals surface area contributed by atoms with Crippen LogP contribution in [0, 0.1) is 5.41 Å². The molecule has 3 atom stereocenters. The highest BCUT2D eigenvalue weighted by Gasteiger charge is 2.57. The first-order valence-corrected chi connectivity index (χ1v) is 14.6. The Morgan fingerprint density at radius 2 is 2.28 bits per heavy atom. The molecular formula is C21H25N9O6S3. The number of hydrogen-bond acceptors (Lipinski definition) is 13. The van der Waals surface area contributed by atoms with E-state index in [4.69, 9.17) is 4.84 Å². The van der Waals surface area contributed by atoms with Gasteiger partial charge in [-0.2, -0.15) is 0 Å². The van der Waals surface area contributed by atoms with Gasteiger partial charge in [-0.25, -0.2) is 9.67 Å². The Bertz CT molecular complexity index is 1280. The Hall–Kier alpha value is -3.51. The van der Waals surface area contributed by atoms with Gasteiger partial charge in [-0.15, -0.1) is 28.2 Å². The Balaban J connectivity index is 1.43. The number of carboxylic acid groups (broad SMARTS) is 1. The third kappa shape index (κ3) is 6.06. The van der Waals surface area contributed by atoms with Crippen LogP contribution in [0.4, 0.5) is 5.13 Å². The van der Waals surface area contributed by atoms with Gasteiger partial charge in [0.05, 0.1) is 0 Å². The summed E-state index contributed by atoms with van der Waals surface area (Å²) in [6, 6.07) is -0.880. The Kier molecular flexibility index (Phi) is 9.18. The van der Waals surface area contributed by atoms with Gasteiger partial charge in [-0.05, 0) is 16.8 Å². The third-order valence-electron chi connectivity index (χ3n) is 5.79. The molecule has 2 aliphatic rings. The predicted molar refractivity (Wildman–Crippen MR) is 143 cm³/mol. The van der Waals surface area contributed by atoms with Gasteiger partial charge in [-0.1, -0.05) is 36.5 Å². The molecule has 2 saturated heterocycles. The average molecular weight is 596 g/mol. The Morgan fingerprint density at radius 1 is 1.46 bits per heavy atom. The summed E-state index contributed by atoms with van der Waals surface area (Å²) in [5, 5.41) is 32.4. The van der Waals surface area contributed by atoms with Crippen LogP contribution in [0.1, 0.15) is 19.0 Å². The largest absolute Gasteiger partial charge is 0.481 e. The first kappa shape index (κ1) is 28.5. The highest BCUT2D eigenvalue weighted by Crippen LogP contribution is 2.44. The van der Waals surface area contributed by atoms with Crippen molar-refractivity contribution in [3.63, 3.8) is 0 Å². The molecule has 0 aromatic carbocycles. The van der Waals surface area contributed by atoms with Crippen molar-refractivity contribution in [2.75, 3.05) is 30.0 Å². The molecule has 0 bridgehead atoms.